The molecule has 2 heterocycles. The first-order valence-electron chi connectivity index (χ1n) is 4.52. The number of nitrogens with one attached hydrogen (secondary N) is 1. The number of carboxylic acids is 1. The molecule has 2 aromatic rings. The number of hydrogen-bond donors (Lipinski definition) is 2. The number of carbonyl (C=O) groups is 1. The van der Waals surface area contributed by atoms with Crippen molar-refractivity contribution in [3.63, 3.8) is 0 Å². The molecule has 0 aliphatic carbocycles. The SMILES string of the molecule is CC(C(=O)O)n1ccc2cc[nH]c(=O)c21. The molecular weight excluding hydrogens is 196 g/mol. The van der Waals surface area contributed by atoms with Gasteiger partial charge in [0.1, 0.15) is 11.6 Å². The smallest absolute Gasteiger partial charge is 0.326 e. The number of nitrogens with zero attached hydrogens (tertiary/aromatic N) is 1. The van der Waals surface area contributed by atoms with Gasteiger partial charge in [0.2, 0.25) is 0 Å². The van der Waals surface area contributed by atoms with Gasteiger partial charge in [-0.05, 0) is 19.1 Å². The van der Waals surface area contributed by atoms with E-state index >= 15 is 0 Å². The summed E-state index contributed by atoms with van der Waals surface area (Å²) >= 11 is 0. The number of H-pyrrole nitrogens is 1. The standard InChI is InChI=1S/C10H10N2O3/c1-6(10(14)15)12-5-3-7-2-4-11-9(13)8(7)12/h2-6H,1H3,(H,11,13)(H,14,15). The zero-order valence-electron chi connectivity index (χ0n) is 8.10. The van der Waals surface area contributed by atoms with Gasteiger partial charge in [-0.1, -0.05) is 0 Å². The van der Waals surface area contributed by atoms with E-state index in [-0.39, 0.29) is 5.56 Å². The fraction of sp³-hybridized carbons (Fsp3) is 0.200. The molecule has 0 radical (unpaired) electrons. The molecule has 0 spiro atoms. The number of rotatable bonds is 2. The third-order valence-corrected chi connectivity index (χ3v) is 2.41. The summed E-state index contributed by atoms with van der Waals surface area (Å²) in [6, 6.07) is 2.72. The van der Waals surface area contributed by atoms with Crippen LogP contribution in [0.4, 0.5) is 0 Å². The summed E-state index contributed by atoms with van der Waals surface area (Å²) in [6.07, 6.45) is 3.15. The van der Waals surface area contributed by atoms with Crippen molar-refractivity contribution in [1.29, 1.82) is 0 Å². The second kappa shape index (κ2) is 3.27. The van der Waals surface area contributed by atoms with E-state index in [0.717, 1.165) is 5.39 Å². The molecule has 0 bridgehead atoms. The molecule has 2 N–H and O–H groups in total. The molecule has 2 aromatic heterocycles. The summed E-state index contributed by atoms with van der Waals surface area (Å²) in [5.41, 5.74) is 0.123. The zero-order chi connectivity index (χ0) is 11.0. The predicted octanol–water partition coefficient (Wildman–Crippen LogP) is 0.975. The number of aliphatic carboxylic acids is 1. The zero-order valence-corrected chi connectivity index (χ0v) is 8.10. The highest BCUT2D eigenvalue weighted by atomic mass is 16.4. The van der Waals surface area contributed by atoms with Crippen molar-refractivity contribution in [2.24, 2.45) is 0 Å². The van der Waals surface area contributed by atoms with Gasteiger partial charge < -0.3 is 14.7 Å². The molecule has 5 heteroatoms. The minimum absolute atomic E-state index is 0.273. The van der Waals surface area contributed by atoms with Crippen LogP contribution < -0.4 is 5.56 Å². The Kier molecular flexibility index (Phi) is 2.07. The van der Waals surface area contributed by atoms with Crippen molar-refractivity contribution in [3.8, 4) is 0 Å². The fourth-order valence-corrected chi connectivity index (χ4v) is 1.56. The summed E-state index contributed by atoms with van der Waals surface area (Å²) < 4.78 is 1.45. The third kappa shape index (κ3) is 1.41. The first-order chi connectivity index (χ1) is 7.11. The second-order valence-electron chi connectivity index (χ2n) is 3.35. The van der Waals surface area contributed by atoms with Crippen LogP contribution in [0.15, 0.2) is 29.3 Å². The first-order valence-corrected chi connectivity index (χ1v) is 4.52. The summed E-state index contributed by atoms with van der Waals surface area (Å²) in [6.45, 7) is 1.54. The van der Waals surface area contributed by atoms with Crippen LogP contribution in [-0.4, -0.2) is 20.6 Å². The Balaban J connectivity index is 2.73. The van der Waals surface area contributed by atoms with Crippen molar-refractivity contribution in [3.05, 3.63) is 34.9 Å². The monoisotopic (exact) mass is 206 g/mol. The second-order valence-corrected chi connectivity index (χ2v) is 3.35. The average Bonchev–Trinajstić information content (AvgIpc) is 2.61. The maximum absolute atomic E-state index is 11.5. The Morgan fingerprint density at radius 3 is 2.93 bits per heavy atom. The maximum atomic E-state index is 11.5. The third-order valence-electron chi connectivity index (χ3n) is 2.41. The van der Waals surface area contributed by atoms with E-state index in [1.54, 1.807) is 24.5 Å². The van der Waals surface area contributed by atoms with Crippen LogP contribution >= 0.6 is 0 Å². The normalized spacial score (nSPS) is 12.9. The Labute approximate surface area is 85.0 Å². The lowest BCUT2D eigenvalue weighted by Crippen LogP contribution is -2.18. The van der Waals surface area contributed by atoms with Crippen LogP contribution in [0, 0.1) is 0 Å². The van der Waals surface area contributed by atoms with E-state index in [0.29, 0.717) is 5.52 Å². The molecule has 0 amide bonds. The van der Waals surface area contributed by atoms with Gasteiger partial charge in [-0.15, -0.1) is 0 Å². The lowest BCUT2D eigenvalue weighted by molar-refractivity contribution is -0.140. The lowest BCUT2D eigenvalue weighted by atomic mass is 10.3. The van der Waals surface area contributed by atoms with Gasteiger partial charge in [0, 0.05) is 17.8 Å². The molecule has 0 aliphatic heterocycles. The summed E-state index contributed by atoms with van der Waals surface area (Å²) in [4.78, 5) is 24.9. The van der Waals surface area contributed by atoms with E-state index in [1.165, 1.54) is 11.5 Å². The number of pyridine rings is 1. The van der Waals surface area contributed by atoms with E-state index in [2.05, 4.69) is 4.98 Å². The van der Waals surface area contributed by atoms with Gasteiger partial charge in [-0.2, -0.15) is 0 Å². The minimum atomic E-state index is -0.962. The predicted molar refractivity (Wildman–Crippen MR) is 54.9 cm³/mol. The molecule has 2 rings (SSSR count). The van der Waals surface area contributed by atoms with Gasteiger partial charge in [-0.3, -0.25) is 4.79 Å². The van der Waals surface area contributed by atoms with Gasteiger partial charge in [0.15, 0.2) is 0 Å². The highest BCUT2D eigenvalue weighted by molar-refractivity contribution is 5.81. The first kappa shape index (κ1) is 9.51. The molecule has 78 valence electrons. The van der Waals surface area contributed by atoms with Crippen molar-refractivity contribution in [1.82, 2.24) is 9.55 Å². The van der Waals surface area contributed by atoms with Crippen molar-refractivity contribution in [2.75, 3.05) is 0 Å². The van der Waals surface area contributed by atoms with Crippen molar-refractivity contribution in [2.45, 2.75) is 13.0 Å². The van der Waals surface area contributed by atoms with Crippen LogP contribution in [-0.2, 0) is 4.79 Å². The molecular formula is C10H10N2O3. The molecule has 15 heavy (non-hydrogen) atoms. The van der Waals surface area contributed by atoms with Crippen LogP contribution in [0.5, 0.6) is 0 Å². The topological polar surface area (TPSA) is 75.1 Å². The Morgan fingerprint density at radius 1 is 1.53 bits per heavy atom. The van der Waals surface area contributed by atoms with Gasteiger partial charge in [0.05, 0.1) is 0 Å². The van der Waals surface area contributed by atoms with E-state index in [1.807, 2.05) is 0 Å². The molecule has 0 aromatic carbocycles. The fourth-order valence-electron chi connectivity index (χ4n) is 1.56. The van der Waals surface area contributed by atoms with E-state index in [4.69, 9.17) is 5.11 Å². The molecule has 5 nitrogen and oxygen atoms in total. The number of hydrogen-bond acceptors (Lipinski definition) is 2. The summed E-state index contributed by atoms with van der Waals surface area (Å²) in [5.74, 6) is -0.962. The van der Waals surface area contributed by atoms with Gasteiger partial charge >= 0.3 is 5.97 Å². The largest absolute Gasteiger partial charge is 0.480 e. The number of fused-ring (bicyclic) bond motifs is 1. The number of carboxylic acid groups (broad SMARTS) is 1. The Hall–Kier alpha value is -2.04. The molecule has 0 saturated heterocycles. The minimum Gasteiger partial charge on any atom is -0.480 e. The Bertz CT molecular complexity index is 567. The molecule has 0 aliphatic rings. The van der Waals surface area contributed by atoms with Crippen molar-refractivity contribution >= 4 is 16.9 Å². The average molecular weight is 206 g/mol. The summed E-state index contributed by atoms with van der Waals surface area (Å²) in [5, 5.41) is 9.61. The highest BCUT2D eigenvalue weighted by Crippen LogP contribution is 2.16. The number of aromatic amines is 1. The molecule has 0 saturated carbocycles. The van der Waals surface area contributed by atoms with Crippen LogP contribution in [0.25, 0.3) is 10.9 Å². The number of aromatic nitrogens is 2. The lowest BCUT2D eigenvalue weighted by Gasteiger charge is -2.08. The molecule has 0 fully saturated rings. The van der Waals surface area contributed by atoms with E-state index in [9.17, 15) is 9.59 Å². The quantitative estimate of drug-likeness (QED) is 0.768. The molecule has 1 unspecified atom stereocenters. The van der Waals surface area contributed by atoms with Gasteiger partial charge in [0.25, 0.3) is 5.56 Å². The van der Waals surface area contributed by atoms with Crippen LogP contribution in [0.1, 0.15) is 13.0 Å². The Morgan fingerprint density at radius 2 is 2.27 bits per heavy atom. The van der Waals surface area contributed by atoms with Gasteiger partial charge in [-0.25, -0.2) is 4.79 Å². The highest BCUT2D eigenvalue weighted by Gasteiger charge is 2.16. The molecule has 1 atom stereocenters. The van der Waals surface area contributed by atoms with Crippen LogP contribution in [0.2, 0.25) is 0 Å². The summed E-state index contributed by atoms with van der Waals surface area (Å²) in [7, 11) is 0. The van der Waals surface area contributed by atoms with Crippen molar-refractivity contribution < 1.29 is 9.90 Å². The maximum Gasteiger partial charge on any atom is 0.326 e. The van der Waals surface area contributed by atoms with Crippen LogP contribution in [0.3, 0.4) is 0 Å². The van der Waals surface area contributed by atoms with E-state index < -0.39 is 12.0 Å².